The normalized spacial score (nSPS) is 9.77. The molecule has 0 heterocycles. The average Bonchev–Trinajstić information content (AvgIpc) is 2.03. The number of hydrogen-bond acceptors (Lipinski definition) is 2. The van der Waals surface area contributed by atoms with Gasteiger partial charge in [-0.15, -0.1) is 0 Å². The zero-order valence-corrected chi connectivity index (χ0v) is 8.85. The molecule has 0 saturated heterocycles. The van der Waals surface area contributed by atoms with Crippen molar-refractivity contribution in [2.45, 2.75) is 0 Å². The van der Waals surface area contributed by atoms with Crippen LogP contribution in [0.5, 0.6) is 0 Å². The number of urea groups is 1. The number of nitrogens with zero attached hydrogens (tertiary/aromatic N) is 1. The number of anilines is 1. The van der Waals surface area contributed by atoms with Gasteiger partial charge in [0.15, 0.2) is 0 Å². The Morgan fingerprint density at radius 2 is 2.23 bits per heavy atom. The lowest BCUT2D eigenvalue weighted by Crippen LogP contribution is -2.28. The Hall–Kier alpha value is -0.750. The Kier molecular flexibility index (Phi) is 3.16. The van der Waals surface area contributed by atoms with Gasteiger partial charge >= 0.3 is 6.03 Å². The maximum Gasteiger partial charge on any atom is 0.329 e. The van der Waals surface area contributed by atoms with Crippen LogP contribution in [0.15, 0.2) is 22.7 Å². The van der Waals surface area contributed by atoms with Gasteiger partial charge in [0.2, 0.25) is 0 Å². The van der Waals surface area contributed by atoms with Crippen LogP contribution in [-0.2, 0) is 0 Å². The van der Waals surface area contributed by atoms with Gasteiger partial charge in [-0.1, -0.05) is 18.9 Å². The Bertz CT molecular complexity index is 327. The van der Waals surface area contributed by atoms with Crippen molar-refractivity contribution in [3.63, 3.8) is 0 Å². The first kappa shape index (κ1) is 10.3. The van der Waals surface area contributed by atoms with Crippen LogP contribution in [0.3, 0.4) is 0 Å². The summed E-state index contributed by atoms with van der Waals surface area (Å²) in [7, 11) is 0. The molecule has 3 nitrogen and oxygen atoms in total. The van der Waals surface area contributed by atoms with E-state index in [2.05, 4.69) is 28.7 Å². The van der Waals surface area contributed by atoms with E-state index in [9.17, 15) is 9.18 Å². The number of rotatable bonds is 1. The summed E-state index contributed by atoms with van der Waals surface area (Å²) in [5, 5.41) is 0. The van der Waals surface area contributed by atoms with Gasteiger partial charge in [-0.25, -0.2) is 13.5 Å². The second-order valence-corrected chi connectivity index (χ2v) is 3.47. The van der Waals surface area contributed by atoms with E-state index in [0.29, 0.717) is 4.47 Å². The molecular weight excluding hydrogens is 259 g/mol. The van der Waals surface area contributed by atoms with Crippen molar-refractivity contribution in [1.82, 2.24) is 0 Å². The Morgan fingerprint density at radius 1 is 1.62 bits per heavy atom. The first-order chi connectivity index (χ1) is 6.04. The number of carbonyl (C=O) groups excluding carboxylic acids is 1. The smallest absolute Gasteiger partial charge is 0.329 e. The third-order valence-electron chi connectivity index (χ3n) is 1.36. The molecule has 0 aromatic heterocycles. The lowest BCUT2D eigenvalue weighted by Gasteiger charge is -2.14. The molecule has 6 heteroatoms. The van der Waals surface area contributed by atoms with Gasteiger partial charge in [-0.05, 0) is 28.1 Å². The number of halogens is 2. The molecule has 0 fully saturated rings. The van der Waals surface area contributed by atoms with E-state index in [-0.39, 0.29) is 5.69 Å². The number of para-hydroxylation sites is 1. The van der Waals surface area contributed by atoms with E-state index >= 15 is 0 Å². The van der Waals surface area contributed by atoms with Crippen LogP contribution in [0, 0.1) is 5.82 Å². The van der Waals surface area contributed by atoms with E-state index < -0.39 is 11.8 Å². The molecule has 0 atom stereocenters. The van der Waals surface area contributed by atoms with Gasteiger partial charge in [0.1, 0.15) is 11.5 Å². The Morgan fingerprint density at radius 3 is 2.69 bits per heavy atom. The summed E-state index contributed by atoms with van der Waals surface area (Å²) in [5.41, 5.74) is 4.94. The van der Waals surface area contributed by atoms with Crippen molar-refractivity contribution < 1.29 is 9.18 Å². The summed E-state index contributed by atoms with van der Waals surface area (Å²) in [6.45, 7) is 0. The van der Waals surface area contributed by atoms with Gasteiger partial charge < -0.3 is 5.73 Å². The van der Waals surface area contributed by atoms with Gasteiger partial charge in [-0.2, -0.15) is 0 Å². The van der Waals surface area contributed by atoms with Crippen LogP contribution >= 0.6 is 28.7 Å². The largest absolute Gasteiger partial charge is 0.350 e. The van der Waals surface area contributed by atoms with Crippen molar-refractivity contribution in [2.75, 3.05) is 4.31 Å². The molecule has 1 aromatic rings. The first-order valence-corrected chi connectivity index (χ1v) is 4.45. The van der Waals surface area contributed by atoms with Crippen molar-refractivity contribution in [1.29, 1.82) is 0 Å². The van der Waals surface area contributed by atoms with Gasteiger partial charge in [0, 0.05) is 4.47 Å². The lowest BCUT2D eigenvalue weighted by molar-refractivity contribution is 0.257. The molecule has 1 rings (SSSR count). The highest BCUT2D eigenvalue weighted by Crippen LogP contribution is 2.29. The summed E-state index contributed by atoms with van der Waals surface area (Å²) in [6.07, 6.45) is 0. The monoisotopic (exact) mass is 264 g/mol. The van der Waals surface area contributed by atoms with Gasteiger partial charge in [-0.3, -0.25) is 0 Å². The molecule has 0 aliphatic carbocycles. The standard InChI is InChI=1S/C7H6BrFN2OS/c8-4-2-1-3-5(9)6(4)11(13)7(10)12/h1-3,13H,(H2,10,12). The number of carbonyl (C=O) groups is 1. The molecule has 0 unspecified atom stereocenters. The minimum Gasteiger partial charge on any atom is -0.350 e. The zero-order valence-electron chi connectivity index (χ0n) is 6.37. The predicted molar refractivity (Wildman–Crippen MR) is 55.1 cm³/mol. The molecular formula is C7H6BrFN2OS. The van der Waals surface area contributed by atoms with Crippen molar-refractivity contribution in [3.05, 3.63) is 28.5 Å². The van der Waals surface area contributed by atoms with Crippen LogP contribution in [-0.4, -0.2) is 6.03 Å². The number of thiol groups is 1. The number of hydrogen-bond donors (Lipinski definition) is 2. The van der Waals surface area contributed by atoms with E-state index in [0.717, 1.165) is 4.31 Å². The highest BCUT2D eigenvalue weighted by atomic mass is 79.9. The fourth-order valence-corrected chi connectivity index (χ4v) is 1.66. The number of nitrogens with two attached hydrogens (primary N) is 1. The van der Waals surface area contributed by atoms with E-state index in [1.54, 1.807) is 6.07 Å². The number of amides is 2. The summed E-state index contributed by atoms with van der Waals surface area (Å²) in [5.74, 6) is -0.567. The predicted octanol–water partition coefficient (Wildman–Crippen LogP) is 2.32. The van der Waals surface area contributed by atoms with Crippen molar-refractivity contribution >= 4 is 40.5 Å². The summed E-state index contributed by atoms with van der Waals surface area (Å²) in [4.78, 5) is 10.7. The Balaban J connectivity index is 3.20. The summed E-state index contributed by atoms with van der Waals surface area (Å²) < 4.78 is 14.3. The van der Waals surface area contributed by atoms with E-state index in [1.807, 2.05) is 0 Å². The van der Waals surface area contributed by atoms with E-state index in [4.69, 9.17) is 5.73 Å². The fraction of sp³-hybridized carbons (Fsp3) is 0. The van der Waals surface area contributed by atoms with Gasteiger partial charge in [0.25, 0.3) is 0 Å². The van der Waals surface area contributed by atoms with Gasteiger partial charge in [0.05, 0.1) is 0 Å². The molecule has 0 aliphatic heterocycles. The highest BCUT2D eigenvalue weighted by molar-refractivity contribution is 9.10. The SMILES string of the molecule is NC(=O)N(S)c1c(F)cccc1Br. The average molecular weight is 265 g/mol. The lowest BCUT2D eigenvalue weighted by atomic mass is 10.3. The van der Waals surface area contributed by atoms with Crippen molar-refractivity contribution in [2.24, 2.45) is 5.73 Å². The molecule has 0 aliphatic rings. The molecule has 2 N–H and O–H groups in total. The van der Waals surface area contributed by atoms with Crippen molar-refractivity contribution in [3.8, 4) is 0 Å². The number of benzene rings is 1. The minimum absolute atomic E-state index is 0.0123. The van der Waals surface area contributed by atoms with Crippen LogP contribution in [0.4, 0.5) is 14.9 Å². The second kappa shape index (κ2) is 3.97. The third-order valence-corrected chi connectivity index (χ3v) is 2.40. The zero-order chi connectivity index (χ0) is 10.0. The molecule has 0 radical (unpaired) electrons. The molecule has 0 bridgehead atoms. The van der Waals surface area contributed by atoms with Crippen LogP contribution in [0.25, 0.3) is 0 Å². The third kappa shape index (κ3) is 2.13. The molecule has 13 heavy (non-hydrogen) atoms. The van der Waals surface area contributed by atoms with Crippen LogP contribution in [0.2, 0.25) is 0 Å². The quantitative estimate of drug-likeness (QED) is 0.752. The Labute approximate surface area is 88.4 Å². The highest BCUT2D eigenvalue weighted by Gasteiger charge is 2.15. The maximum atomic E-state index is 13.1. The first-order valence-electron chi connectivity index (χ1n) is 3.26. The fourth-order valence-electron chi connectivity index (χ4n) is 0.802. The minimum atomic E-state index is -0.839. The molecule has 2 amide bonds. The maximum absolute atomic E-state index is 13.1. The molecule has 0 saturated carbocycles. The molecule has 1 aromatic carbocycles. The summed E-state index contributed by atoms with van der Waals surface area (Å²) in [6, 6.07) is 3.47. The summed E-state index contributed by atoms with van der Waals surface area (Å²) >= 11 is 6.82. The molecule has 70 valence electrons. The van der Waals surface area contributed by atoms with Crippen LogP contribution in [0.1, 0.15) is 0 Å². The van der Waals surface area contributed by atoms with E-state index in [1.165, 1.54) is 12.1 Å². The molecule has 0 spiro atoms. The number of primary amides is 1. The topological polar surface area (TPSA) is 46.3 Å². The van der Waals surface area contributed by atoms with Crippen LogP contribution < -0.4 is 10.0 Å². The second-order valence-electron chi connectivity index (χ2n) is 2.22.